The Morgan fingerprint density at radius 3 is 2.89 bits per heavy atom. The minimum absolute atomic E-state index is 0.0735. The molecule has 1 aromatic carbocycles. The zero-order valence-electron chi connectivity index (χ0n) is 14.6. The first-order chi connectivity index (χ1) is 13.0. The third-order valence-electron chi connectivity index (χ3n) is 4.24. The van der Waals surface area contributed by atoms with Crippen LogP contribution in [0.25, 0.3) is 0 Å². The van der Waals surface area contributed by atoms with Crippen molar-refractivity contribution >= 4 is 17.8 Å². The van der Waals surface area contributed by atoms with E-state index >= 15 is 0 Å². The van der Waals surface area contributed by atoms with E-state index in [0.717, 1.165) is 5.56 Å². The Balaban J connectivity index is 1.50. The summed E-state index contributed by atoms with van der Waals surface area (Å²) in [6.07, 6.45) is 1.72. The molecule has 1 aliphatic rings. The molecule has 8 nitrogen and oxygen atoms in total. The van der Waals surface area contributed by atoms with E-state index in [1.54, 1.807) is 47.6 Å². The maximum atomic E-state index is 12.4. The highest BCUT2D eigenvalue weighted by atomic mass is 16.5. The fourth-order valence-corrected chi connectivity index (χ4v) is 2.92. The molecule has 0 spiro atoms. The molecule has 2 amide bonds. The third kappa shape index (κ3) is 5.10. The molecule has 27 heavy (non-hydrogen) atoms. The summed E-state index contributed by atoms with van der Waals surface area (Å²) in [5, 5.41) is 11.5. The molecule has 8 heteroatoms. The Morgan fingerprint density at radius 2 is 2.15 bits per heavy atom. The van der Waals surface area contributed by atoms with Crippen LogP contribution in [0.15, 0.2) is 47.1 Å². The van der Waals surface area contributed by atoms with E-state index in [2.05, 4.69) is 5.32 Å². The number of likely N-dealkylation sites (tertiary alicyclic amines) is 1. The molecule has 142 valence electrons. The van der Waals surface area contributed by atoms with Crippen molar-refractivity contribution in [2.24, 2.45) is 5.92 Å². The summed E-state index contributed by atoms with van der Waals surface area (Å²) >= 11 is 0. The average molecular weight is 372 g/mol. The van der Waals surface area contributed by atoms with E-state index in [9.17, 15) is 14.4 Å². The van der Waals surface area contributed by atoms with Gasteiger partial charge in [0.15, 0.2) is 6.61 Å². The number of ether oxygens (including phenoxy) is 1. The van der Waals surface area contributed by atoms with Gasteiger partial charge in [0.05, 0.1) is 18.7 Å². The smallest absolute Gasteiger partial charge is 0.341 e. The summed E-state index contributed by atoms with van der Waals surface area (Å²) in [7, 11) is 0. The predicted molar refractivity (Wildman–Crippen MR) is 93.7 cm³/mol. The van der Waals surface area contributed by atoms with Crippen molar-refractivity contribution in [2.45, 2.75) is 19.5 Å². The summed E-state index contributed by atoms with van der Waals surface area (Å²) < 4.78 is 10.4. The number of carbonyl (C=O) groups is 3. The van der Waals surface area contributed by atoms with Gasteiger partial charge in [0, 0.05) is 19.5 Å². The van der Waals surface area contributed by atoms with E-state index in [4.69, 9.17) is 14.3 Å². The second-order valence-electron chi connectivity index (χ2n) is 6.30. The van der Waals surface area contributed by atoms with Crippen molar-refractivity contribution in [2.75, 3.05) is 13.2 Å². The Morgan fingerprint density at radius 1 is 1.30 bits per heavy atom. The number of hydrogen-bond donors (Lipinski definition) is 2. The van der Waals surface area contributed by atoms with Gasteiger partial charge in [-0.25, -0.2) is 4.79 Å². The first-order valence-electron chi connectivity index (χ1n) is 8.52. The van der Waals surface area contributed by atoms with Crippen LogP contribution in [0.2, 0.25) is 0 Å². The van der Waals surface area contributed by atoms with Crippen LogP contribution in [0.1, 0.15) is 17.7 Å². The van der Waals surface area contributed by atoms with Crippen LogP contribution in [-0.4, -0.2) is 40.9 Å². The van der Waals surface area contributed by atoms with Gasteiger partial charge in [-0.05, 0) is 29.8 Å². The van der Waals surface area contributed by atoms with Gasteiger partial charge in [-0.2, -0.15) is 0 Å². The predicted octanol–water partition coefficient (Wildman–Crippen LogP) is 1.41. The van der Waals surface area contributed by atoms with Gasteiger partial charge in [-0.3, -0.25) is 9.59 Å². The highest BCUT2D eigenvalue weighted by Gasteiger charge is 2.34. The summed E-state index contributed by atoms with van der Waals surface area (Å²) in [5.74, 6) is -0.622. The number of hydrogen-bond acceptors (Lipinski definition) is 5. The minimum Gasteiger partial charge on any atom is -0.482 e. The van der Waals surface area contributed by atoms with Crippen LogP contribution in [-0.2, 0) is 27.5 Å². The van der Waals surface area contributed by atoms with Crippen LogP contribution >= 0.6 is 0 Å². The second-order valence-corrected chi connectivity index (χ2v) is 6.30. The molecular weight excluding hydrogens is 352 g/mol. The molecular formula is C19H20N2O6. The number of aliphatic carboxylic acids is 1. The molecule has 1 saturated heterocycles. The monoisotopic (exact) mass is 372 g/mol. The summed E-state index contributed by atoms with van der Waals surface area (Å²) in [6, 6.07) is 10.4. The molecule has 3 rings (SSSR count). The number of nitrogens with zero attached hydrogens (tertiary/aromatic N) is 1. The fraction of sp³-hybridized carbons (Fsp3) is 0.316. The molecule has 0 radical (unpaired) electrons. The molecule has 2 heterocycles. The van der Waals surface area contributed by atoms with Gasteiger partial charge in [0.1, 0.15) is 11.5 Å². The van der Waals surface area contributed by atoms with Crippen molar-refractivity contribution in [1.82, 2.24) is 10.2 Å². The van der Waals surface area contributed by atoms with Crippen LogP contribution < -0.4 is 10.1 Å². The highest BCUT2D eigenvalue weighted by molar-refractivity contribution is 5.89. The topological polar surface area (TPSA) is 109 Å². The number of rotatable bonds is 8. The fourth-order valence-electron chi connectivity index (χ4n) is 2.92. The van der Waals surface area contributed by atoms with Gasteiger partial charge in [0.2, 0.25) is 11.8 Å². The van der Waals surface area contributed by atoms with E-state index in [1.165, 1.54) is 0 Å². The number of amides is 2. The molecule has 1 fully saturated rings. The lowest BCUT2D eigenvalue weighted by Gasteiger charge is -2.15. The lowest BCUT2D eigenvalue weighted by atomic mass is 10.1. The summed E-state index contributed by atoms with van der Waals surface area (Å²) in [6.45, 7) is 0.559. The van der Waals surface area contributed by atoms with Crippen LogP contribution in [0.4, 0.5) is 0 Å². The number of furan rings is 1. The lowest BCUT2D eigenvalue weighted by Crippen LogP contribution is -2.32. The molecule has 0 aliphatic carbocycles. The SMILES string of the molecule is O=C(O)COc1cccc(CNC(=O)[C@@H]2CC(=O)N(Cc3ccco3)C2)c1. The van der Waals surface area contributed by atoms with Crippen LogP contribution in [0, 0.1) is 5.92 Å². The molecule has 0 bridgehead atoms. The maximum Gasteiger partial charge on any atom is 0.341 e. The Hall–Kier alpha value is -3.29. The number of carbonyl (C=O) groups excluding carboxylic acids is 2. The molecule has 1 aromatic heterocycles. The Labute approximate surface area is 155 Å². The van der Waals surface area contributed by atoms with Crippen molar-refractivity contribution in [3.05, 3.63) is 54.0 Å². The Kier molecular flexibility index (Phi) is 5.75. The number of nitrogens with one attached hydrogen (secondary N) is 1. The van der Waals surface area contributed by atoms with Gasteiger partial charge >= 0.3 is 5.97 Å². The zero-order chi connectivity index (χ0) is 19.2. The molecule has 0 unspecified atom stereocenters. The molecule has 0 saturated carbocycles. The normalized spacial score (nSPS) is 16.4. The number of benzene rings is 1. The van der Waals surface area contributed by atoms with Crippen molar-refractivity contribution < 1.29 is 28.6 Å². The van der Waals surface area contributed by atoms with Gasteiger partial charge < -0.3 is 24.5 Å². The van der Waals surface area contributed by atoms with Gasteiger partial charge in [0.25, 0.3) is 0 Å². The van der Waals surface area contributed by atoms with Gasteiger partial charge in [-0.1, -0.05) is 12.1 Å². The van der Waals surface area contributed by atoms with E-state index in [-0.39, 0.29) is 24.8 Å². The van der Waals surface area contributed by atoms with Crippen LogP contribution in [0.3, 0.4) is 0 Å². The Bertz CT molecular complexity index is 817. The van der Waals surface area contributed by atoms with Crippen LogP contribution in [0.5, 0.6) is 5.75 Å². The molecule has 1 aliphatic heterocycles. The second kappa shape index (κ2) is 8.39. The third-order valence-corrected chi connectivity index (χ3v) is 4.24. The van der Waals surface area contributed by atoms with E-state index in [1.807, 2.05) is 0 Å². The first kappa shape index (κ1) is 18.5. The molecule has 2 N–H and O–H groups in total. The largest absolute Gasteiger partial charge is 0.482 e. The van der Waals surface area contributed by atoms with Crippen molar-refractivity contribution in [3.63, 3.8) is 0 Å². The standard InChI is InChI=1S/C19H20N2O6/c22-17-8-14(10-21(17)11-16-5-2-6-26-16)19(25)20-9-13-3-1-4-15(7-13)27-12-18(23)24/h1-7,14H,8-12H2,(H,20,25)(H,23,24)/t14-/m1/s1. The lowest BCUT2D eigenvalue weighted by molar-refractivity contribution is -0.139. The highest BCUT2D eigenvalue weighted by Crippen LogP contribution is 2.21. The zero-order valence-corrected chi connectivity index (χ0v) is 14.6. The maximum absolute atomic E-state index is 12.4. The first-order valence-corrected chi connectivity index (χ1v) is 8.52. The van der Waals surface area contributed by atoms with Crippen molar-refractivity contribution in [3.8, 4) is 5.75 Å². The summed E-state index contributed by atoms with van der Waals surface area (Å²) in [4.78, 5) is 36.7. The molecule has 1 atom stereocenters. The molecule has 2 aromatic rings. The number of carboxylic acids is 1. The number of carboxylic acid groups (broad SMARTS) is 1. The van der Waals surface area contributed by atoms with Gasteiger partial charge in [-0.15, -0.1) is 0 Å². The quantitative estimate of drug-likeness (QED) is 0.725. The van der Waals surface area contributed by atoms with Crippen molar-refractivity contribution in [1.29, 1.82) is 0 Å². The van der Waals surface area contributed by atoms with E-state index in [0.29, 0.717) is 24.6 Å². The summed E-state index contributed by atoms with van der Waals surface area (Å²) in [5.41, 5.74) is 0.781. The average Bonchev–Trinajstić information content (AvgIpc) is 3.29. The van der Waals surface area contributed by atoms with E-state index < -0.39 is 18.5 Å². The minimum atomic E-state index is -1.06.